The summed E-state index contributed by atoms with van der Waals surface area (Å²) in [6.45, 7) is 0.288. The normalized spacial score (nSPS) is 10.2. The molecule has 0 saturated carbocycles. The molecule has 3 aromatic rings. The molecular weight excluding hydrogens is 314 g/mol. The molecule has 1 amide bonds. The number of nitrogen functional groups attached to an aromatic ring is 1. The van der Waals surface area contributed by atoms with E-state index in [4.69, 9.17) is 10.6 Å². The summed E-state index contributed by atoms with van der Waals surface area (Å²) in [5.74, 6) is -0.360. The fourth-order valence-electron chi connectivity index (χ4n) is 2.38. The van der Waals surface area contributed by atoms with E-state index in [1.165, 1.54) is 0 Å². The number of nitrogens with one attached hydrogen (secondary N) is 2. The summed E-state index contributed by atoms with van der Waals surface area (Å²) in [4.78, 5) is 17.8. The smallest absolute Gasteiger partial charge is 0.277 e. The van der Waals surface area contributed by atoms with Gasteiger partial charge in [-0.3, -0.25) is 9.63 Å². The highest BCUT2D eigenvalue weighted by atomic mass is 16.6. The van der Waals surface area contributed by atoms with Crippen molar-refractivity contribution in [2.75, 3.05) is 11.1 Å². The molecule has 126 valence electrons. The number of hydrogen-bond donors (Lipinski definition) is 3. The molecule has 0 saturated heterocycles. The van der Waals surface area contributed by atoms with E-state index < -0.39 is 0 Å². The van der Waals surface area contributed by atoms with Crippen molar-refractivity contribution in [2.24, 2.45) is 0 Å². The van der Waals surface area contributed by atoms with Crippen LogP contribution in [0.25, 0.3) is 0 Å². The first-order valence-electron chi connectivity index (χ1n) is 7.90. The van der Waals surface area contributed by atoms with Gasteiger partial charge in [-0.1, -0.05) is 54.6 Å². The molecule has 3 rings (SSSR count). The maximum atomic E-state index is 12.5. The van der Waals surface area contributed by atoms with Crippen molar-refractivity contribution in [3.8, 4) is 0 Å². The number of para-hydroxylation sites is 2. The maximum absolute atomic E-state index is 12.5. The van der Waals surface area contributed by atoms with Gasteiger partial charge in [-0.25, -0.2) is 5.48 Å². The summed E-state index contributed by atoms with van der Waals surface area (Å²) in [5.41, 5.74) is 11.8. The molecule has 3 aromatic carbocycles. The summed E-state index contributed by atoms with van der Waals surface area (Å²) in [6.07, 6.45) is 0. The molecule has 5 nitrogen and oxygen atoms in total. The Hall–Kier alpha value is -3.31. The maximum Gasteiger partial charge on any atom is 0.277 e. The largest absolute Gasteiger partial charge is 0.397 e. The van der Waals surface area contributed by atoms with Gasteiger partial charge in [0.25, 0.3) is 5.91 Å². The van der Waals surface area contributed by atoms with Gasteiger partial charge >= 0.3 is 0 Å². The molecule has 25 heavy (non-hydrogen) atoms. The lowest BCUT2D eigenvalue weighted by Crippen LogP contribution is -2.24. The van der Waals surface area contributed by atoms with Crippen LogP contribution in [0.2, 0.25) is 0 Å². The molecule has 0 aromatic heterocycles. The zero-order valence-corrected chi connectivity index (χ0v) is 13.6. The number of carbonyl (C=O) groups is 1. The Morgan fingerprint density at radius 1 is 0.880 bits per heavy atom. The standard InChI is InChI=1S/C20H19N3O2/c21-18-13-7-12-17(19(18)22-16-10-5-2-6-11-16)20(24)23-25-14-15-8-3-1-4-9-15/h1-13,22H,14,21H2,(H,23,24). The van der Waals surface area contributed by atoms with Gasteiger partial charge in [0.1, 0.15) is 0 Å². The van der Waals surface area contributed by atoms with Crippen molar-refractivity contribution in [3.63, 3.8) is 0 Å². The van der Waals surface area contributed by atoms with Gasteiger partial charge in [0.05, 0.1) is 23.5 Å². The molecule has 4 N–H and O–H groups in total. The molecule has 0 unspecified atom stereocenters. The number of anilines is 3. The number of carbonyl (C=O) groups excluding carboxylic acids is 1. The van der Waals surface area contributed by atoms with Crippen molar-refractivity contribution >= 4 is 23.0 Å². The van der Waals surface area contributed by atoms with Crippen LogP contribution in [0.1, 0.15) is 15.9 Å². The Morgan fingerprint density at radius 3 is 2.28 bits per heavy atom. The Balaban J connectivity index is 1.70. The average molecular weight is 333 g/mol. The zero-order valence-electron chi connectivity index (χ0n) is 13.6. The van der Waals surface area contributed by atoms with Crippen molar-refractivity contribution in [2.45, 2.75) is 6.61 Å². The minimum atomic E-state index is -0.360. The van der Waals surface area contributed by atoms with Crippen LogP contribution < -0.4 is 16.5 Å². The predicted octanol–water partition coefficient (Wildman–Crippen LogP) is 3.87. The lowest BCUT2D eigenvalue weighted by atomic mass is 10.1. The Bertz CT molecular complexity index is 836. The van der Waals surface area contributed by atoms with Gasteiger partial charge in [-0.15, -0.1) is 0 Å². The van der Waals surface area contributed by atoms with Crippen LogP contribution >= 0.6 is 0 Å². The molecule has 0 spiro atoms. The highest BCUT2D eigenvalue weighted by Gasteiger charge is 2.14. The van der Waals surface area contributed by atoms with E-state index >= 15 is 0 Å². The molecule has 0 fully saturated rings. The topological polar surface area (TPSA) is 76.4 Å². The molecule has 0 aliphatic carbocycles. The van der Waals surface area contributed by atoms with Crippen LogP contribution in [-0.4, -0.2) is 5.91 Å². The monoisotopic (exact) mass is 333 g/mol. The first-order chi connectivity index (χ1) is 12.2. The number of benzene rings is 3. The average Bonchev–Trinajstić information content (AvgIpc) is 2.65. The second-order valence-corrected chi connectivity index (χ2v) is 5.47. The summed E-state index contributed by atoms with van der Waals surface area (Å²) in [7, 11) is 0. The molecule has 0 radical (unpaired) electrons. The van der Waals surface area contributed by atoms with Crippen molar-refractivity contribution in [3.05, 3.63) is 90.0 Å². The first-order valence-corrected chi connectivity index (χ1v) is 7.90. The van der Waals surface area contributed by atoms with Gasteiger partial charge in [-0.2, -0.15) is 0 Å². The van der Waals surface area contributed by atoms with Gasteiger partial charge in [0, 0.05) is 5.69 Å². The van der Waals surface area contributed by atoms with E-state index in [0.29, 0.717) is 16.9 Å². The van der Waals surface area contributed by atoms with Gasteiger partial charge in [0.15, 0.2) is 0 Å². The third-order valence-corrected chi connectivity index (χ3v) is 3.63. The Morgan fingerprint density at radius 2 is 1.56 bits per heavy atom. The van der Waals surface area contributed by atoms with Gasteiger partial charge in [-0.05, 0) is 29.8 Å². The number of hydrogen-bond acceptors (Lipinski definition) is 4. The summed E-state index contributed by atoms with van der Waals surface area (Å²) in [5, 5.41) is 3.19. The molecule has 0 aliphatic rings. The minimum absolute atomic E-state index is 0.288. The van der Waals surface area contributed by atoms with E-state index in [2.05, 4.69) is 10.8 Å². The fourth-order valence-corrected chi connectivity index (χ4v) is 2.38. The van der Waals surface area contributed by atoms with Crippen LogP contribution in [0.15, 0.2) is 78.9 Å². The number of rotatable bonds is 6. The van der Waals surface area contributed by atoms with E-state index in [-0.39, 0.29) is 12.5 Å². The molecule has 0 bridgehead atoms. The molecule has 0 heterocycles. The van der Waals surface area contributed by atoms with E-state index in [1.54, 1.807) is 18.2 Å². The SMILES string of the molecule is Nc1cccc(C(=O)NOCc2ccccc2)c1Nc1ccccc1. The van der Waals surface area contributed by atoms with E-state index in [1.807, 2.05) is 60.7 Å². The van der Waals surface area contributed by atoms with E-state index in [0.717, 1.165) is 11.3 Å². The molecule has 5 heteroatoms. The van der Waals surface area contributed by atoms with Crippen LogP contribution in [0.4, 0.5) is 17.1 Å². The fraction of sp³-hybridized carbons (Fsp3) is 0.0500. The Labute approximate surface area is 146 Å². The number of hydroxylamine groups is 1. The first kappa shape index (κ1) is 16.5. The van der Waals surface area contributed by atoms with Gasteiger partial charge in [0.2, 0.25) is 0 Å². The quantitative estimate of drug-likeness (QED) is 0.473. The lowest BCUT2D eigenvalue weighted by Gasteiger charge is -2.14. The van der Waals surface area contributed by atoms with Crippen molar-refractivity contribution in [1.82, 2.24) is 5.48 Å². The molecule has 0 atom stereocenters. The number of amides is 1. The van der Waals surface area contributed by atoms with Crippen LogP contribution in [-0.2, 0) is 11.4 Å². The van der Waals surface area contributed by atoms with Crippen molar-refractivity contribution < 1.29 is 9.63 Å². The summed E-state index contributed by atoms with van der Waals surface area (Å²) >= 11 is 0. The molecular formula is C20H19N3O2. The van der Waals surface area contributed by atoms with Gasteiger partial charge < -0.3 is 11.1 Å². The summed E-state index contributed by atoms with van der Waals surface area (Å²) < 4.78 is 0. The highest BCUT2D eigenvalue weighted by Crippen LogP contribution is 2.27. The third kappa shape index (κ3) is 4.37. The van der Waals surface area contributed by atoms with Crippen LogP contribution in [0.3, 0.4) is 0 Å². The van der Waals surface area contributed by atoms with Crippen molar-refractivity contribution in [1.29, 1.82) is 0 Å². The second-order valence-electron chi connectivity index (χ2n) is 5.47. The minimum Gasteiger partial charge on any atom is -0.397 e. The second kappa shape index (κ2) is 7.99. The van der Waals surface area contributed by atoms with Crippen LogP contribution in [0, 0.1) is 0 Å². The highest BCUT2D eigenvalue weighted by molar-refractivity contribution is 6.02. The number of nitrogens with two attached hydrogens (primary N) is 1. The van der Waals surface area contributed by atoms with Crippen LogP contribution in [0.5, 0.6) is 0 Å². The predicted molar refractivity (Wildman–Crippen MR) is 99.3 cm³/mol. The lowest BCUT2D eigenvalue weighted by molar-refractivity contribution is 0.0234. The van der Waals surface area contributed by atoms with E-state index in [9.17, 15) is 4.79 Å². The third-order valence-electron chi connectivity index (χ3n) is 3.63. The zero-order chi connectivity index (χ0) is 17.5. The summed E-state index contributed by atoms with van der Waals surface area (Å²) in [6, 6.07) is 24.3. The molecule has 0 aliphatic heterocycles. The Kier molecular flexibility index (Phi) is 5.29.